The van der Waals surface area contributed by atoms with Crippen LogP contribution >= 0.6 is 0 Å². The standard InChI is InChI=1S/C18H25N5O/c1-2-19-18(22-10-7-17(24)14-22)20-12-15-5-3-6-16(11-15)13-23-9-4-8-21-23/h3-6,8-9,11,17,24H,2,7,10,12-14H2,1H3,(H,19,20)/t17-/m1/s1. The summed E-state index contributed by atoms with van der Waals surface area (Å²) in [6.45, 7) is 5.79. The van der Waals surface area contributed by atoms with Crippen LogP contribution in [0.25, 0.3) is 0 Å². The lowest BCUT2D eigenvalue weighted by atomic mass is 10.1. The maximum absolute atomic E-state index is 9.73. The van der Waals surface area contributed by atoms with Gasteiger partial charge in [-0.25, -0.2) is 4.99 Å². The van der Waals surface area contributed by atoms with Crippen LogP contribution in [0.15, 0.2) is 47.7 Å². The summed E-state index contributed by atoms with van der Waals surface area (Å²) >= 11 is 0. The number of nitrogens with zero attached hydrogens (tertiary/aromatic N) is 4. The molecule has 0 spiro atoms. The van der Waals surface area contributed by atoms with Crippen LogP contribution in [0, 0.1) is 0 Å². The molecule has 1 atom stereocenters. The summed E-state index contributed by atoms with van der Waals surface area (Å²) in [6, 6.07) is 10.4. The van der Waals surface area contributed by atoms with Crippen molar-refractivity contribution in [3.8, 4) is 0 Å². The number of hydrogen-bond donors (Lipinski definition) is 2. The molecule has 24 heavy (non-hydrogen) atoms. The van der Waals surface area contributed by atoms with Crippen LogP contribution in [0.3, 0.4) is 0 Å². The molecule has 0 unspecified atom stereocenters. The van der Waals surface area contributed by atoms with Gasteiger partial charge < -0.3 is 15.3 Å². The Hall–Kier alpha value is -2.34. The van der Waals surface area contributed by atoms with E-state index in [4.69, 9.17) is 4.99 Å². The Morgan fingerprint density at radius 2 is 2.25 bits per heavy atom. The van der Waals surface area contributed by atoms with Gasteiger partial charge in [-0.1, -0.05) is 24.3 Å². The quantitative estimate of drug-likeness (QED) is 0.645. The minimum atomic E-state index is -0.244. The molecule has 6 nitrogen and oxygen atoms in total. The molecule has 2 N–H and O–H groups in total. The first kappa shape index (κ1) is 16.5. The summed E-state index contributed by atoms with van der Waals surface area (Å²) in [6.07, 6.45) is 4.32. The first-order valence-corrected chi connectivity index (χ1v) is 8.51. The number of aliphatic hydroxyl groups is 1. The average molecular weight is 327 g/mol. The van der Waals surface area contributed by atoms with Crippen molar-refractivity contribution in [1.82, 2.24) is 20.0 Å². The number of nitrogens with one attached hydrogen (secondary N) is 1. The first-order valence-electron chi connectivity index (χ1n) is 8.51. The van der Waals surface area contributed by atoms with Gasteiger partial charge in [-0.2, -0.15) is 5.10 Å². The van der Waals surface area contributed by atoms with Gasteiger partial charge in [0, 0.05) is 32.0 Å². The topological polar surface area (TPSA) is 65.7 Å². The maximum Gasteiger partial charge on any atom is 0.194 e. The second-order valence-corrected chi connectivity index (χ2v) is 6.08. The molecular weight excluding hydrogens is 302 g/mol. The highest BCUT2D eigenvalue weighted by Crippen LogP contribution is 2.11. The van der Waals surface area contributed by atoms with Gasteiger partial charge in [0.2, 0.25) is 0 Å². The van der Waals surface area contributed by atoms with Crippen LogP contribution in [0.5, 0.6) is 0 Å². The smallest absolute Gasteiger partial charge is 0.194 e. The van der Waals surface area contributed by atoms with E-state index in [9.17, 15) is 5.11 Å². The lowest BCUT2D eigenvalue weighted by Gasteiger charge is -2.21. The summed E-state index contributed by atoms with van der Waals surface area (Å²) in [5.74, 6) is 0.881. The van der Waals surface area contributed by atoms with Gasteiger partial charge >= 0.3 is 0 Å². The largest absolute Gasteiger partial charge is 0.391 e. The van der Waals surface area contributed by atoms with Gasteiger partial charge in [-0.15, -0.1) is 0 Å². The predicted molar refractivity (Wildman–Crippen MR) is 94.8 cm³/mol. The average Bonchev–Trinajstić information content (AvgIpc) is 3.23. The van der Waals surface area contributed by atoms with Gasteiger partial charge in [0.1, 0.15) is 0 Å². The Kier molecular flexibility index (Phi) is 5.48. The number of benzene rings is 1. The maximum atomic E-state index is 9.73. The highest BCUT2D eigenvalue weighted by Gasteiger charge is 2.22. The van der Waals surface area contributed by atoms with E-state index in [2.05, 4.69) is 46.5 Å². The fourth-order valence-electron chi connectivity index (χ4n) is 2.93. The molecule has 1 aliphatic heterocycles. The lowest BCUT2D eigenvalue weighted by Crippen LogP contribution is -2.40. The van der Waals surface area contributed by atoms with E-state index in [1.54, 1.807) is 6.20 Å². The summed E-state index contributed by atoms with van der Waals surface area (Å²) in [5.41, 5.74) is 2.39. The number of aromatic nitrogens is 2. The second kappa shape index (κ2) is 7.97. The van der Waals surface area contributed by atoms with Crippen molar-refractivity contribution in [1.29, 1.82) is 0 Å². The lowest BCUT2D eigenvalue weighted by molar-refractivity contribution is 0.188. The van der Waals surface area contributed by atoms with Gasteiger partial charge in [0.25, 0.3) is 0 Å². The zero-order valence-electron chi connectivity index (χ0n) is 14.1. The van der Waals surface area contributed by atoms with E-state index in [0.29, 0.717) is 13.1 Å². The molecule has 1 aromatic heterocycles. The Labute approximate surface area is 142 Å². The third-order valence-electron chi connectivity index (χ3n) is 4.10. The van der Waals surface area contributed by atoms with Crippen LogP contribution in [-0.2, 0) is 13.1 Å². The third-order valence-corrected chi connectivity index (χ3v) is 4.10. The molecule has 128 valence electrons. The molecule has 0 aliphatic carbocycles. The fourth-order valence-corrected chi connectivity index (χ4v) is 2.93. The van der Waals surface area contributed by atoms with Crippen molar-refractivity contribution in [2.24, 2.45) is 4.99 Å². The van der Waals surface area contributed by atoms with E-state index in [-0.39, 0.29) is 6.10 Å². The van der Waals surface area contributed by atoms with Crippen molar-refractivity contribution in [2.45, 2.75) is 32.5 Å². The molecule has 2 heterocycles. The van der Waals surface area contributed by atoms with Crippen LogP contribution in [0.4, 0.5) is 0 Å². The second-order valence-electron chi connectivity index (χ2n) is 6.08. The van der Waals surface area contributed by atoms with Crippen LogP contribution in [0.1, 0.15) is 24.5 Å². The summed E-state index contributed by atoms with van der Waals surface area (Å²) in [7, 11) is 0. The molecule has 1 fully saturated rings. The zero-order chi connectivity index (χ0) is 16.8. The zero-order valence-corrected chi connectivity index (χ0v) is 14.1. The van der Waals surface area contributed by atoms with E-state index in [1.807, 2.05) is 16.9 Å². The van der Waals surface area contributed by atoms with Gasteiger partial charge in [-0.3, -0.25) is 4.68 Å². The molecular formula is C18H25N5O. The molecule has 6 heteroatoms. The monoisotopic (exact) mass is 327 g/mol. The Morgan fingerprint density at radius 3 is 2.96 bits per heavy atom. The van der Waals surface area contributed by atoms with Crippen LogP contribution in [0.2, 0.25) is 0 Å². The van der Waals surface area contributed by atoms with E-state index in [1.165, 1.54) is 11.1 Å². The first-order chi connectivity index (χ1) is 11.7. The molecule has 3 rings (SSSR count). The molecule has 0 amide bonds. The third kappa shape index (κ3) is 4.35. The van der Waals surface area contributed by atoms with Gasteiger partial charge in [-0.05, 0) is 30.5 Å². The number of aliphatic imine (C=N–C) groups is 1. The Bertz CT molecular complexity index is 668. The van der Waals surface area contributed by atoms with E-state index >= 15 is 0 Å². The Balaban J connectivity index is 1.67. The van der Waals surface area contributed by atoms with Crippen molar-refractivity contribution in [3.05, 3.63) is 53.9 Å². The fraction of sp³-hybridized carbons (Fsp3) is 0.444. The van der Waals surface area contributed by atoms with Crippen molar-refractivity contribution in [2.75, 3.05) is 19.6 Å². The number of guanidine groups is 1. The highest BCUT2D eigenvalue weighted by atomic mass is 16.3. The van der Waals surface area contributed by atoms with Crippen molar-refractivity contribution in [3.63, 3.8) is 0 Å². The SMILES string of the molecule is CCNC(=NCc1cccc(Cn2cccn2)c1)N1CC[C@@H](O)C1. The van der Waals surface area contributed by atoms with Crippen LogP contribution in [-0.4, -0.2) is 51.5 Å². The molecule has 0 saturated carbocycles. The minimum absolute atomic E-state index is 0.244. The van der Waals surface area contributed by atoms with Crippen molar-refractivity contribution < 1.29 is 5.11 Å². The normalized spacial score (nSPS) is 18.2. The highest BCUT2D eigenvalue weighted by molar-refractivity contribution is 5.80. The number of β-amino-alcohol motifs (C(OH)–C–C–N with tert-alkyl or cyclic N) is 1. The van der Waals surface area contributed by atoms with Crippen molar-refractivity contribution >= 4 is 5.96 Å². The van der Waals surface area contributed by atoms with Crippen LogP contribution < -0.4 is 5.32 Å². The minimum Gasteiger partial charge on any atom is -0.391 e. The summed E-state index contributed by atoms with van der Waals surface area (Å²) < 4.78 is 1.91. The molecule has 1 aromatic carbocycles. The number of aliphatic hydroxyl groups excluding tert-OH is 1. The van der Waals surface area contributed by atoms with E-state index in [0.717, 1.165) is 32.0 Å². The van der Waals surface area contributed by atoms with Gasteiger partial charge in [0.05, 0.1) is 19.2 Å². The molecule has 0 bridgehead atoms. The number of hydrogen-bond acceptors (Lipinski definition) is 3. The van der Waals surface area contributed by atoms with E-state index < -0.39 is 0 Å². The Morgan fingerprint density at radius 1 is 1.38 bits per heavy atom. The number of likely N-dealkylation sites (tertiary alicyclic amines) is 1. The summed E-state index contributed by atoms with van der Waals surface area (Å²) in [4.78, 5) is 6.86. The molecule has 0 radical (unpaired) electrons. The molecule has 2 aromatic rings. The predicted octanol–water partition coefficient (Wildman–Crippen LogP) is 1.46. The summed E-state index contributed by atoms with van der Waals surface area (Å²) in [5, 5.41) is 17.3. The number of rotatable bonds is 5. The van der Waals surface area contributed by atoms with Gasteiger partial charge in [0.15, 0.2) is 5.96 Å². The molecule has 1 saturated heterocycles. The molecule has 1 aliphatic rings.